The summed E-state index contributed by atoms with van der Waals surface area (Å²) in [6, 6.07) is 2.10. The van der Waals surface area contributed by atoms with Gasteiger partial charge in [-0.1, -0.05) is 13.8 Å². The Morgan fingerprint density at radius 2 is 2.00 bits per heavy atom. The lowest BCUT2D eigenvalue weighted by atomic mass is 9.94. The number of rotatable bonds is 5. The molecule has 2 aromatic rings. The number of hydrogen-bond donors (Lipinski definition) is 0. The lowest BCUT2D eigenvalue weighted by molar-refractivity contribution is 0.293. The molecule has 2 rings (SSSR count). The van der Waals surface area contributed by atoms with Gasteiger partial charge in [-0.15, -0.1) is 11.6 Å². The van der Waals surface area contributed by atoms with E-state index in [9.17, 15) is 0 Å². The van der Waals surface area contributed by atoms with Crippen molar-refractivity contribution >= 4 is 22.8 Å². The first-order valence-corrected chi connectivity index (χ1v) is 7.49. The number of pyridine rings is 1. The Hall–Kier alpha value is -1.09. The Labute approximate surface area is 120 Å². The second-order valence-electron chi connectivity index (χ2n) is 5.36. The summed E-state index contributed by atoms with van der Waals surface area (Å²) in [5, 5.41) is 0. The van der Waals surface area contributed by atoms with Crippen LogP contribution in [0.15, 0.2) is 12.3 Å². The summed E-state index contributed by atoms with van der Waals surface area (Å²) in [6.07, 6.45) is 4.81. The number of aryl methyl sites for hydroxylation is 2. The molecule has 0 aliphatic heterocycles. The van der Waals surface area contributed by atoms with Gasteiger partial charge < -0.3 is 4.57 Å². The summed E-state index contributed by atoms with van der Waals surface area (Å²) in [4.78, 5) is 9.34. The zero-order chi connectivity index (χ0) is 14.0. The second kappa shape index (κ2) is 5.49. The average molecular weight is 280 g/mol. The maximum absolute atomic E-state index is 5.93. The Bertz CT molecular complexity index is 570. The lowest BCUT2D eigenvalue weighted by Crippen LogP contribution is -2.30. The van der Waals surface area contributed by atoms with Gasteiger partial charge in [0, 0.05) is 24.0 Å². The van der Waals surface area contributed by atoms with Gasteiger partial charge in [-0.25, -0.2) is 9.97 Å². The van der Waals surface area contributed by atoms with Gasteiger partial charge in [0.05, 0.1) is 0 Å². The van der Waals surface area contributed by atoms with E-state index in [1.54, 1.807) is 0 Å². The zero-order valence-corrected chi connectivity index (χ0v) is 13.0. The molecule has 0 fully saturated rings. The predicted octanol–water partition coefficient (Wildman–Crippen LogP) is 4.06. The van der Waals surface area contributed by atoms with Gasteiger partial charge in [-0.05, 0) is 38.3 Å². The summed E-state index contributed by atoms with van der Waals surface area (Å²) in [7, 11) is 0. The molecule has 3 nitrogen and oxygen atoms in total. The normalized spacial score (nSPS) is 12.3. The highest BCUT2D eigenvalue weighted by Gasteiger charge is 2.27. The lowest BCUT2D eigenvalue weighted by Gasteiger charge is -2.31. The number of halogens is 1. The van der Waals surface area contributed by atoms with E-state index in [2.05, 4.69) is 36.4 Å². The maximum atomic E-state index is 5.93. The van der Waals surface area contributed by atoms with Crippen molar-refractivity contribution in [3.8, 4) is 0 Å². The first-order chi connectivity index (χ1) is 9.05. The van der Waals surface area contributed by atoms with Crippen LogP contribution in [-0.4, -0.2) is 20.4 Å². The van der Waals surface area contributed by atoms with Crippen LogP contribution in [-0.2, 0) is 12.0 Å². The van der Waals surface area contributed by atoms with Crippen LogP contribution in [0.25, 0.3) is 11.2 Å². The van der Waals surface area contributed by atoms with Crippen molar-refractivity contribution in [3.63, 3.8) is 0 Å². The molecule has 0 saturated carbocycles. The van der Waals surface area contributed by atoms with Crippen molar-refractivity contribution in [2.75, 3.05) is 5.88 Å². The zero-order valence-electron chi connectivity index (χ0n) is 12.2. The quantitative estimate of drug-likeness (QED) is 0.773. The van der Waals surface area contributed by atoms with E-state index >= 15 is 0 Å². The predicted molar refractivity (Wildman–Crippen MR) is 80.9 cm³/mol. The third-order valence-electron chi connectivity index (χ3n) is 4.08. The van der Waals surface area contributed by atoms with Crippen molar-refractivity contribution in [1.82, 2.24) is 14.5 Å². The molecule has 0 saturated heterocycles. The van der Waals surface area contributed by atoms with E-state index in [0.29, 0.717) is 5.88 Å². The van der Waals surface area contributed by atoms with Crippen LogP contribution in [0.1, 0.15) is 45.0 Å². The van der Waals surface area contributed by atoms with Crippen LogP contribution >= 0.6 is 11.6 Å². The number of imidazole rings is 1. The largest absolute Gasteiger partial charge is 0.307 e. The number of alkyl halides is 1. The molecule has 19 heavy (non-hydrogen) atoms. The van der Waals surface area contributed by atoms with Gasteiger partial charge >= 0.3 is 0 Å². The highest BCUT2D eigenvalue weighted by Crippen LogP contribution is 2.30. The molecule has 2 aromatic heterocycles. The third-order valence-corrected chi connectivity index (χ3v) is 4.27. The van der Waals surface area contributed by atoms with Crippen LogP contribution < -0.4 is 0 Å². The molecular weight excluding hydrogens is 258 g/mol. The van der Waals surface area contributed by atoms with Crippen molar-refractivity contribution in [2.45, 2.75) is 52.5 Å². The standard InChI is InChI=1S/C15H22ClN3/c1-5-15(4,6-2)19-13(7-8-16)18-12-9-11(3)10-17-14(12)19/h9-10H,5-8H2,1-4H3. The van der Waals surface area contributed by atoms with Crippen LogP contribution in [0.5, 0.6) is 0 Å². The Morgan fingerprint density at radius 3 is 2.58 bits per heavy atom. The van der Waals surface area contributed by atoms with E-state index in [1.807, 2.05) is 13.1 Å². The summed E-state index contributed by atoms with van der Waals surface area (Å²) < 4.78 is 2.30. The Balaban J connectivity index is 2.71. The number of fused-ring (bicyclic) bond motifs is 1. The molecule has 4 heteroatoms. The number of nitrogens with zero attached hydrogens (tertiary/aromatic N) is 3. The summed E-state index contributed by atoms with van der Waals surface area (Å²) in [6.45, 7) is 8.75. The van der Waals surface area contributed by atoms with Crippen molar-refractivity contribution < 1.29 is 0 Å². The van der Waals surface area contributed by atoms with Gasteiger partial charge in [0.2, 0.25) is 0 Å². The topological polar surface area (TPSA) is 30.7 Å². The summed E-state index contributed by atoms with van der Waals surface area (Å²) in [5.74, 6) is 1.64. The molecule has 0 amide bonds. The summed E-state index contributed by atoms with van der Waals surface area (Å²) >= 11 is 5.93. The minimum Gasteiger partial charge on any atom is -0.307 e. The van der Waals surface area contributed by atoms with E-state index in [1.165, 1.54) is 0 Å². The maximum Gasteiger partial charge on any atom is 0.160 e. The van der Waals surface area contributed by atoms with E-state index in [-0.39, 0.29) is 5.54 Å². The monoisotopic (exact) mass is 279 g/mol. The fourth-order valence-electron chi connectivity index (χ4n) is 2.50. The molecular formula is C15H22ClN3. The van der Waals surface area contributed by atoms with Gasteiger partial charge in [0.25, 0.3) is 0 Å². The van der Waals surface area contributed by atoms with Gasteiger partial charge in [0.15, 0.2) is 5.65 Å². The van der Waals surface area contributed by atoms with Gasteiger partial charge in [0.1, 0.15) is 11.3 Å². The number of hydrogen-bond acceptors (Lipinski definition) is 2. The number of aromatic nitrogens is 3. The Morgan fingerprint density at radius 1 is 1.32 bits per heavy atom. The van der Waals surface area contributed by atoms with Gasteiger partial charge in [-0.2, -0.15) is 0 Å². The molecule has 104 valence electrons. The van der Waals surface area contributed by atoms with Crippen molar-refractivity contribution in [1.29, 1.82) is 0 Å². The van der Waals surface area contributed by atoms with Crippen LogP contribution in [0, 0.1) is 6.92 Å². The molecule has 0 bridgehead atoms. The molecule has 0 N–H and O–H groups in total. The fourth-order valence-corrected chi connectivity index (χ4v) is 2.67. The minimum absolute atomic E-state index is 0.0540. The molecule has 0 aromatic carbocycles. The third kappa shape index (κ3) is 2.48. The van der Waals surface area contributed by atoms with Crippen LogP contribution in [0.2, 0.25) is 0 Å². The van der Waals surface area contributed by atoms with Crippen LogP contribution in [0.3, 0.4) is 0 Å². The first-order valence-electron chi connectivity index (χ1n) is 6.96. The molecule has 2 heterocycles. The molecule has 0 unspecified atom stereocenters. The van der Waals surface area contributed by atoms with E-state index in [4.69, 9.17) is 16.6 Å². The molecule has 0 aliphatic carbocycles. The SMILES string of the molecule is CCC(C)(CC)n1c(CCCl)nc2cc(C)cnc21. The van der Waals surface area contributed by atoms with Crippen LogP contribution in [0.4, 0.5) is 0 Å². The van der Waals surface area contributed by atoms with Crippen molar-refractivity contribution in [2.24, 2.45) is 0 Å². The molecule has 0 atom stereocenters. The van der Waals surface area contributed by atoms with E-state index < -0.39 is 0 Å². The summed E-state index contributed by atoms with van der Waals surface area (Å²) in [5.41, 5.74) is 3.16. The average Bonchev–Trinajstić information content (AvgIpc) is 2.76. The van der Waals surface area contributed by atoms with E-state index in [0.717, 1.165) is 41.8 Å². The second-order valence-corrected chi connectivity index (χ2v) is 5.74. The van der Waals surface area contributed by atoms with Crippen molar-refractivity contribution in [3.05, 3.63) is 23.7 Å². The Kier molecular flexibility index (Phi) is 4.14. The minimum atomic E-state index is 0.0540. The fraction of sp³-hybridized carbons (Fsp3) is 0.600. The molecule has 0 spiro atoms. The smallest absolute Gasteiger partial charge is 0.160 e. The highest BCUT2D eigenvalue weighted by atomic mass is 35.5. The highest BCUT2D eigenvalue weighted by molar-refractivity contribution is 6.17. The molecule has 0 aliphatic rings. The molecule has 0 radical (unpaired) electrons. The van der Waals surface area contributed by atoms with Gasteiger partial charge in [-0.3, -0.25) is 0 Å². The first kappa shape index (κ1) is 14.3.